The second-order valence-corrected chi connectivity index (χ2v) is 7.30. The van der Waals surface area contributed by atoms with Crippen LogP contribution in [0.25, 0.3) is 0 Å². The number of aromatic nitrogens is 1. The van der Waals surface area contributed by atoms with Gasteiger partial charge in [-0.3, -0.25) is 4.79 Å². The second-order valence-electron chi connectivity index (χ2n) is 7.30. The van der Waals surface area contributed by atoms with Crippen molar-refractivity contribution in [3.05, 3.63) is 64.9 Å². The third kappa shape index (κ3) is 4.05. The van der Waals surface area contributed by atoms with Crippen LogP contribution in [0.1, 0.15) is 59.0 Å². The van der Waals surface area contributed by atoms with Crippen LogP contribution in [0.15, 0.2) is 41.3 Å². The number of benzene rings is 1. The van der Waals surface area contributed by atoms with Crippen molar-refractivity contribution in [3.8, 4) is 11.8 Å². The van der Waals surface area contributed by atoms with E-state index in [1.807, 2.05) is 19.1 Å². The highest BCUT2D eigenvalue weighted by Gasteiger charge is 2.46. The summed E-state index contributed by atoms with van der Waals surface area (Å²) in [6.45, 7) is 5.02. The first kappa shape index (κ1) is 21.0. The summed E-state index contributed by atoms with van der Waals surface area (Å²) in [5.74, 6) is 4.40. The number of nitrogens with zero attached hydrogens (tertiary/aromatic N) is 1. The maximum atomic E-state index is 13.3. The minimum atomic E-state index is -0.776. The molecule has 0 amide bonds. The second kappa shape index (κ2) is 8.88. The van der Waals surface area contributed by atoms with E-state index in [-0.39, 0.29) is 17.5 Å². The van der Waals surface area contributed by atoms with Crippen LogP contribution >= 0.6 is 0 Å². The van der Waals surface area contributed by atoms with E-state index in [4.69, 9.17) is 18.6 Å². The number of carbonyl (C=O) groups is 2. The van der Waals surface area contributed by atoms with Gasteiger partial charge in [-0.15, -0.1) is 0 Å². The van der Waals surface area contributed by atoms with Crippen LogP contribution in [-0.2, 0) is 31.2 Å². The molecule has 1 unspecified atom stereocenters. The molecule has 1 aromatic carbocycles. The van der Waals surface area contributed by atoms with Gasteiger partial charge >= 0.3 is 5.97 Å². The summed E-state index contributed by atoms with van der Waals surface area (Å²) < 4.78 is 22.0. The summed E-state index contributed by atoms with van der Waals surface area (Å²) >= 11 is 0. The van der Waals surface area contributed by atoms with Crippen molar-refractivity contribution in [2.24, 2.45) is 0 Å². The monoisotopic (exact) mass is 421 g/mol. The summed E-state index contributed by atoms with van der Waals surface area (Å²) in [7, 11) is 0. The number of fused-ring (bicyclic) bond motifs is 2. The quantitative estimate of drug-likeness (QED) is 0.317. The smallest absolute Gasteiger partial charge is 0.331 e. The Balaban J connectivity index is 1.71. The zero-order valence-electron chi connectivity index (χ0n) is 17.5. The van der Waals surface area contributed by atoms with Crippen LogP contribution in [0.2, 0.25) is 0 Å². The van der Waals surface area contributed by atoms with Crippen LogP contribution in [0.3, 0.4) is 0 Å². The third-order valence-corrected chi connectivity index (χ3v) is 5.45. The van der Waals surface area contributed by atoms with Gasteiger partial charge in [-0.1, -0.05) is 24.0 Å². The molecule has 31 heavy (non-hydrogen) atoms. The van der Waals surface area contributed by atoms with Gasteiger partial charge in [-0.2, -0.15) is 0 Å². The molecule has 1 spiro atoms. The van der Waals surface area contributed by atoms with Gasteiger partial charge in [-0.05, 0) is 37.5 Å². The lowest BCUT2D eigenvalue weighted by Crippen LogP contribution is -2.24. The molecular formula is C24H23NO6. The molecule has 1 fully saturated rings. The van der Waals surface area contributed by atoms with Crippen molar-refractivity contribution in [1.82, 2.24) is 4.98 Å². The van der Waals surface area contributed by atoms with Crippen LogP contribution in [0, 0.1) is 11.8 Å². The molecule has 1 aliphatic heterocycles. The van der Waals surface area contributed by atoms with Gasteiger partial charge in [0.25, 0.3) is 0 Å². The largest absolute Gasteiger partial charge is 0.463 e. The lowest BCUT2D eigenvalue weighted by Gasteiger charge is -2.24. The minimum absolute atomic E-state index is 0.172. The van der Waals surface area contributed by atoms with Crippen molar-refractivity contribution in [1.29, 1.82) is 0 Å². The Hall–Kier alpha value is -3.21. The molecular weight excluding hydrogens is 398 g/mol. The van der Waals surface area contributed by atoms with E-state index in [9.17, 15) is 9.59 Å². The van der Waals surface area contributed by atoms with Gasteiger partial charge < -0.3 is 18.6 Å². The zero-order chi connectivity index (χ0) is 21.8. The average Bonchev–Trinajstić information content (AvgIpc) is 3.53. The molecule has 0 saturated carbocycles. The van der Waals surface area contributed by atoms with Gasteiger partial charge in [0.1, 0.15) is 0 Å². The van der Waals surface area contributed by atoms with Crippen molar-refractivity contribution in [3.63, 3.8) is 0 Å². The fourth-order valence-corrected chi connectivity index (χ4v) is 4.09. The number of rotatable bonds is 5. The number of oxazole rings is 1. The first-order valence-electron chi connectivity index (χ1n) is 10.3. The van der Waals surface area contributed by atoms with Crippen LogP contribution in [0.5, 0.6) is 0 Å². The number of hydrogen-bond acceptors (Lipinski definition) is 7. The van der Waals surface area contributed by atoms with E-state index in [1.54, 1.807) is 6.92 Å². The lowest BCUT2D eigenvalue weighted by molar-refractivity contribution is -0.163. The van der Waals surface area contributed by atoms with Gasteiger partial charge in [0, 0.05) is 29.5 Å². The molecule has 2 heterocycles. The summed E-state index contributed by atoms with van der Waals surface area (Å²) in [5, 5.41) is 0. The summed E-state index contributed by atoms with van der Waals surface area (Å²) in [4.78, 5) is 28.7. The molecule has 160 valence electrons. The number of hydrogen-bond donors (Lipinski definition) is 0. The Bertz CT molecular complexity index is 1070. The molecule has 4 rings (SSSR count). The van der Waals surface area contributed by atoms with Gasteiger partial charge in [0.05, 0.1) is 26.0 Å². The summed E-state index contributed by atoms with van der Waals surface area (Å²) in [6, 6.07) is 3.86. The van der Waals surface area contributed by atoms with E-state index in [0.29, 0.717) is 38.2 Å². The number of carbonyl (C=O) groups excluding carboxylic acids is 2. The summed E-state index contributed by atoms with van der Waals surface area (Å²) in [6.07, 6.45) is 6.70. The number of ether oxygens (including phenoxy) is 3. The van der Waals surface area contributed by atoms with E-state index in [1.165, 1.54) is 24.7 Å². The predicted octanol–water partition coefficient (Wildman–Crippen LogP) is 3.28. The Labute approximate surface area is 180 Å². The van der Waals surface area contributed by atoms with E-state index in [2.05, 4.69) is 16.8 Å². The van der Waals surface area contributed by atoms with Gasteiger partial charge in [0.15, 0.2) is 17.9 Å². The van der Waals surface area contributed by atoms with Crippen molar-refractivity contribution >= 4 is 11.8 Å². The molecule has 0 N–H and O–H groups in total. The van der Waals surface area contributed by atoms with E-state index >= 15 is 0 Å². The van der Waals surface area contributed by atoms with Gasteiger partial charge in [-0.25, -0.2) is 9.78 Å². The molecule has 0 bridgehead atoms. The van der Waals surface area contributed by atoms with Crippen LogP contribution in [0.4, 0.5) is 0 Å². The minimum Gasteiger partial charge on any atom is -0.463 e. The third-order valence-electron chi connectivity index (χ3n) is 5.45. The maximum absolute atomic E-state index is 13.3. The Morgan fingerprint density at radius 2 is 2.13 bits per heavy atom. The van der Waals surface area contributed by atoms with Crippen LogP contribution < -0.4 is 0 Å². The normalized spacial score (nSPS) is 17.4. The van der Waals surface area contributed by atoms with Crippen molar-refractivity contribution in [2.75, 3.05) is 19.8 Å². The summed E-state index contributed by atoms with van der Waals surface area (Å²) in [5.41, 5.74) is 3.13. The molecule has 2 aromatic rings. The SMILES string of the molecule is CCOC(=O)/C=C\C#CC(C)c1ccc2c(c1C(=O)c1cnco1)CCC21OCCO1. The molecule has 0 radical (unpaired) electrons. The molecule has 1 saturated heterocycles. The van der Waals surface area contributed by atoms with Crippen molar-refractivity contribution in [2.45, 2.75) is 38.4 Å². The average molecular weight is 421 g/mol. The first-order chi connectivity index (χ1) is 15.1. The molecule has 1 aromatic heterocycles. The molecule has 2 aliphatic rings. The van der Waals surface area contributed by atoms with Crippen molar-refractivity contribution < 1.29 is 28.2 Å². The van der Waals surface area contributed by atoms with Crippen LogP contribution in [-0.4, -0.2) is 36.6 Å². The fraction of sp³-hybridized carbons (Fsp3) is 0.375. The maximum Gasteiger partial charge on any atom is 0.331 e. The van der Waals surface area contributed by atoms with E-state index < -0.39 is 11.8 Å². The standard InChI is InChI=1S/C24H23NO6/c1-3-28-21(26)7-5-4-6-16(2)17-8-9-19-18(10-11-24(19)30-12-13-31-24)22(17)23(27)20-14-25-15-29-20/h5,7-9,14-16H,3,10-13H2,1-2H3/b7-5-. The fourth-order valence-electron chi connectivity index (χ4n) is 4.09. The number of esters is 1. The first-order valence-corrected chi connectivity index (χ1v) is 10.3. The Morgan fingerprint density at radius 3 is 2.84 bits per heavy atom. The topological polar surface area (TPSA) is 87.9 Å². The molecule has 7 heteroatoms. The Kier molecular flexibility index (Phi) is 6.03. The molecule has 1 aliphatic carbocycles. The lowest BCUT2D eigenvalue weighted by atomic mass is 9.87. The Morgan fingerprint density at radius 1 is 1.32 bits per heavy atom. The van der Waals surface area contributed by atoms with Gasteiger partial charge in [0.2, 0.25) is 5.78 Å². The molecule has 7 nitrogen and oxygen atoms in total. The highest BCUT2D eigenvalue weighted by molar-refractivity contribution is 6.09. The predicted molar refractivity (Wildman–Crippen MR) is 110 cm³/mol. The molecule has 1 atom stereocenters. The van der Waals surface area contributed by atoms with E-state index in [0.717, 1.165) is 16.7 Å². The zero-order valence-corrected chi connectivity index (χ0v) is 17.5. The number of allylic oxidation sites excluding steroid dienone is 1. The number of ketones is 1. The highest BCUT2D eigenvalue weighted by Crippen LogP contribution is 2.46. The highest BCUT2D eigenvalue weighted by atomic mass is 16.7.